The molecule has 3 aromatic heterocycles. The Labute approximate surface area is 186 Å². The molecule has 0 fully saturated rings. The van der Waals surface area contributed by atoms with E-state index in [0.717, 1.165) is 38.9 Å². The van der Waals surface area contributed by atoms with Crippen LogP contribution in [0.4, 0.5) is 0 Å². The molecule has 0 saturated heterocycles. The van der Waals surface area contributed by atoms with Crippen LogP contribution < -0.4 is 10.4 Å². The van der Waals surface area contributed by atoms with Crippen LogP contribution in [0.15, 0.2) is 52.7 Å². The maximum Gasteiger partial charge on any atom is 0.329 e. The van der Waals surface area contributed by atoms with Gasteiger partial charge in [0, 0.05) is 30.6 Å². The lowest BCUT2D eigenvalue weighted by Gasteiger charge is -2.15. The number of benzene rings is 1. The maximum absolute atomic E-state index is 13.2. The molecule has 0 radical (unpaired) electrons. The molecule has 0 N–H and O–H groups in total. The molecule has 0 aliphatic heterocycles. The van der Waals surface area contributed by atoms with Crippen LogP contribution in [0.2, 0.25) is 0 Å². The minimum Gasteiger partial charge on any atom is -0.496 e. The summed E-state index contributed by atoms with van der Waals surface area (Å²) in [4.78, 5) is 27.5. The average molecular weight is 434 g/mol. The van der Waals surface area contributed by atoms with Crippen molar-refractivity contribution in [1.29, 1.82) is 0 Å². The number of rotatable bonds is 7. The van der Waals surface area contributed by atoms with E-state index in [2.05, 4.69) is 15.1 Å². The van der Waals surface area contributed by atoms with Crippen LogP contribution in [-0.2, 0) is 18.3 Å². The van der Waals surface area contributed by atoms with Gasteiger partial charge in [0.15, 0.2) is 0 Å². The molecular weight excluding hydrogens is 406 g/mol. The number of ether oxygens (including phenoxy) is 1. The third-order valence-electron chi connectivity index (χ3n) is 5.62. The van der Waals surface area contributed by atoms with Crippen LogP contribution in [0, 0.1) is 0 Å². The lowest BCUT2D eigenvalue weighted by Crippen LogP contribution is -2.25. The minimum absolute atomic E-state index is 0.116. The van der Waals surface area contributed by atoms with Crippen molar-refractivity contribution in [2.75, 3.05) is 13.7 Å². The first-order chi connectivity index (χ1) is 15.5. The fourth-order valence-electron chi connectivity index (χ4n) is 4.02. The molecule has 8 heteroatoms. The summed E-state index contributed by atoms with van der Waals surface area (Å²) in [5.74, 6) is 0.714. The Balaban J connectivity index is 1.95. The number of hydrogen-bond acceptors (Lipinski definition) is 6. The van der Waals surface area contributed by atoms with Gasteiger partial charge in [-0.25, -0.2) is 4.79 Å². The van der Waals surface area contributed by atoms with Crippen molar-refractivity contribution < 1.29 is 9.57 Å². The summed E-state index contributed by atoms with van der Waals surface area (Å²) in [7, 11) is 3.40. The van der Waals surface area contributed by atoms with Crippen LogP contribution in [0.3, 0.4) is 0 Å². The van der Waals surface area contributed by atoms with Crippen molar-refractivity contribution in [3.05, 3.63) is 64.5 Å². The molecule has 4 aromatic rings. The Bertz CT molecular complexity index is 1360. The zero-order chi connectivity index (χ0) is 22.8. The van der Waals surface area contributed by atoms with E-state index >= 15 is 0 Å². The quantitative estimate of drug-likeness (QED) is 0.326. The van der Waals surface area contributed by atoms with Crippen molar-refractivity contribution >= 4 is 27.6 Å². The Hall–Kier alpha value is -3.68. The van der Waals surface area contributed by atoms with Gasteiger partial charge in [-0.05, 0) is 45.0 Å². The van der Waals surface area contributed by atoms with E-state index in [-0.39, 0.29) is 11.7 Å². The van der Waals surface area contributed by atoms with E-state index in [9.17, 15) is 4.79 Å². The average Bonchev–Trinajstić information content (AvgIpc) is 3.07. The molecule has 32 heavy (non-hydrogen) atoms. The zero-order valence-electron chi connectivity index (χ0n) is 19.0. The van der Waals surface area contributed by atoms with Crippen LogP contribution in [0.25, 0.3) is 21.9 Å². The first kappa shape index (κ1) is 21.5. The normalized spacial score (nSPS) is 13.0. The lowest BCUT2D eigenvalue weighted by atomic mass is 10.0. The minimum atomic E-state index is -0.246. The number of imidazole rings is 1. The Morgan fingerprint density at radius 2 is 2.06 bits per heavy atom. The number of oxime groups is 1. The molecule has 8 nitrogen and oxygen atoms in total. The van der Waals surface area contributed by atoms with Gasteiger partial charge in [-0.15, -0.1) is 0 Å². The fourth-order valence-corrected chi connectivity index (χ4v) is 4.02. The highest BCUT2D eigenvalue weighted by Gasteiger charge is 2.21. The van der Waals surface area contributed by atoms with Gasteiger partial charge in [0.05, 0.1) is 47.3 Å². The highest BCUT2D eigenvalue weighted by molar-refractivity contribution is 6.03. The molecule has 0 spiro atoms. The summed E-state index contributed by atoms with van der Waals surface area (Å²) in [6, 6.07) is 9.42. The second-order valence-corrected chi connectivity index (χ2v) is 7.74. The molecule has 0 saturated carbocycles. The van der Waals surface area contributed by atoms with Crippen molar-refractivity contribution in [1.82, 2.24) is 19.1 Å². The van der Waals surface area contributed by atoms with Gasteiger partial charge in [-0.3, -0.25) is 19.1 Å². The third kappa shape index (κ3) is 3.72. The standard InChI is InChI=1S/C24H27N5O3/c1-6-32-27-15(2)11-17-12-20-18(13-22(17)31-5)23-21(14-26-20)28(4)24(30)29(23)16(3)19-9-7-8-10-25-19/h7-10,12-14,16H,6,11H2,1-5H3. The first-order valence-electron chi connectivity index (χ1n) is 10.6. The molecule has 3 heterocycles. The zero-order valence-corrected chi connectivity index (χ0v) is 19.0. The van der Waals surface area contributed by atoms with Gasteiger partial charge in [0.2, 0.25) is 0 Å². The molecular formula is C24H27N5O3. The Morgan fingerprint density at radius 3 is 2.75 bits per heavy atom. The molecule has 0 amide bonds. The van der Waals surface area contributed by atoms with E-state index < -0.39 is 0 Å². The molecule has 0 aliphatic carbocycles. The fraction of sp³-hybridized carbons (Fsp3) is 0.333. The summed E-state index contributed by atoms with van der Waals surface area (Å²) in [5.41, 5.74) is 4.85. The third-order valence-corrected chi connectivity index (χ3v) is 5.62. The predicted molar refractivity (Wildman–Crippen MR) is 126 cm³/mol. The first-order valence-corrected chi connectivity index (χ1v) is 10.6. The van der Waals surface area contributed by atoms with Crippen molar-refractivity contribution in [2.45, 2.75) is 33.2 Å². The van der Waals surface area contributed by atoms with Gasteiger partial charge in [0.1, 0.15) is 12.4 Å². The van der Waals surface area contributed by atoms with Crippen molar-refractivity contribution in [3.63, 3.8) is 0 Å². The smallest absolute Gasteiger partial charge is 0.329 e. The maximum atomic E-state index is 13.2. The molecule has 0 bridgehead atoms. The van der Waals surface area contributed by atoms with E-state index in [0.29, 0.717) is 18.8 Å². The summed E-state index contributed by atoms with van der Waals surface area (Å²) in [5, 5.41) is 4.96. The number of aryl methyl sites for hydroxylation is 1. The Kier molecular flexibility index (Phi) is 5.94. The second-order valence-electron chi connectivity index (χ2n) is 7.74. The molecule has 4 rings (SSSR count). The van der Waals surface area contributed by atoms with Crippen LogP contribution >= 0.6 is 0 Å². The highest BCUT2D eigenvalue weighted by Crippen LogP contribution is 2.32. The van der Waals surface area contributed by atoms with E-state index in [4.69, 9.17) is 9.57 Å². The molecule has 1 unspecified atom stereocenters. The van der Waals surface area contributed by atoms with Crippen molar-refractivity contribution in [2.24, 2.45) is 12.2 Å². The summed E-state index contributed by atoms with van der Waals surface area (Å²) < 4.78 is 9.11. The van der Waals surface area contributed by atoms with E-state index in [1.807, 2.05) is 51.1 Å². The number of methoxy groups -OCH3 is 1. The molecule has 0 aliphatic rings. The molecule has 1 aromatic carbocycles. The van der Waals surface area contributed by atoms with Gasteiger partial charge in [-0.1, -0.05) is 11.2 Å². The Morgan fingerprint density at radius 1 is 1.25 bits per heavy atom. The summed E-state index contributed by atoms with van der Waals surface area (Å²) in [6.45, 7) is 6.31. The highest BCUT2D eigenvalue weighted by atomic mass is 16.6. The summed E-state index contributed by atoms with van der Waals surface area (Å²) >= 11 is 0. The summed E-state index contributed by atoms with van der Waals surface area (Å²) in [6.07, 6.45) is 4.06. The van der Waals surface area contributed by atoms with Crippen molar-refractivity contribution in [3.8, 4) is 5.75 Å². The van der Waals surface area contributed by atoms with Crippen LogP contribution in [0.5, 0.6) is 5.75 Å². The second kappa shape index (κ2) is 8.82. The van der Waals surface area contributed by atoms with Gasteiger partial charge < -0.3 is 9.57 Å². The van der Waals surface area contributed by atoms with Crippen LogP contribution in [-0.4, -0.2) is 38.5 Å². The molecule has 1 atom stereocenters. The predicted octanol–water partition coefficient (Wildman–Crippen LogP) is 3.86. The lowest BCUT2D eigenvalue weighted by molar-refractivity contribution is 0.158. The number of nitrogens with zero attached hydrogens (tertiary/aromatic N) is 5. The monoisotopic (exact) mass is 433 g/mol. The van der Waals surface area contributed by atoms with E-state index in [1.54, 1.807) is 35.7 Å². The van der Waals surface area contributed by atoms with E-state index in [1.165, 1.54) is 0 Å². The van der Waals surface area contributed by atoms with Crippen LogP contribution in [0.1, 0.15) is 38.1 Å². The van der Waals surface area contributed by atoms with Gasteiger partial charge >= 0.3 is 5.69 Å². The number of hydrogen-bond donors (Lipinski definition) is 0. The van der Waals surface area contributed by atoms with Gasteiger partial charge in [0.25, 0.3) is 0 Å². The topological polar surface area (TPSA) is 83.5 Å². The number of fused-ring (bicyclic) bond motifs is 3. The SMILES string of the molecule is CCON=C(C)Cc1cc2ncc3c(c2cc1OC)n(C(C)c1ccccn1)c(=O)n3C. The largest absolute Gasteiger partial charge is 0.496 e. The number of aromatic nitrogens is 4. The van der Waals surface area contributed by atoms with Gasteiger partial charge in [-0.2, -0.15) is 0 Å². The molecule has 166 valence electrons. The number of pyridine rings is 2.